The first-order valence-electron chi connectivity index (χ1n) is 8.87. The van der Waals surface area contributed by atoms with E-state index < -0.39 is 16.1 Å². The van der Waals surface area contributed by atoms with E-state index in [1.807, 2.05) is 30.3 Å². The fourth-order valence-corrected chi connectivity index (χ4v) is 4.77. The van der Waals surface area contributed by atoms with Crippen LogP contribution in [-0.2, 0) is 14.8 Å². The SMILES string of the molecule is CC1Oc2ccc(S(=O)(=O)N3CCN(c4ccccc4)CC3)cc2NC1=O. The molecular formula is C19H21N3O4S. The van der Waals surface area contributed by atoms with Gasteiger partial charge in [-0.3, -0.25) is 4.79 Å². The van der Waals surface area contributed by atoms with Crippen LogP contribution in [-0.4, -0.2) is 50.9 Å². The molecule has 142 valence electrons. The van der Waals surface area contributed by atoms with Gasteiger partial charge in [-0.05, 0) is 37.3 Å². The van der Waals surface area contributed by atoms with Crippen LogP contribution in [0.15, 0.2) is 53.4 Å². The van der Waals surface area contributed by atoms with Crippen molar-refractivity contribution in [2.75, 3.05) is 36.4 Å². The van der Waals surface area contributed by atoms with Gasteiger partial charge in [-0.2, -0.15) is 4.31 Å². The van der Waals surface area contributed by atoms with E-state index in [0.29, 0.717) is 37.6 Å². The molecule has 7 nitrogen and oxygen atoms in total. The number of anilines is 2. The molecule has 0 aromatic heterocycles. The summed E-state index contributed by atoms with van der Waals surface area (Å²) < 4.78 is 33.0. The summed E-state index contributed by atoms with van der Waals surface area (Å²) in [4.78, 5) is 14.1. The van der Waals surface area contributed by atoms with Crippen molar-refractivity contribution < 1.29 is 17.9 Å². The minimum absolute atomic E-state index is 0.160. The number of para-hydroxylation sites is 1. The van der Waals surface area contributed by atoms with Gasteiger partial charge in [-0.1, -0.05) is 18.2 Å². The fraction of sp³-hybridized carbons (Fsp3) is 0.316. The van der Waals surface area contributed by atoms with Crippen LogP contribution < -0.4 is 15.0 Å². The molecule has 0 aliphatic carbocycles. The first-order valence-corrected chi connectivity index (χ1v) is 10.3. The number of nitrogens with zero attached hydrogens (tertiary/aromatic N) is 2. The van der Waals surface area contributed by atoms with Crippen LogP contribution in [0.3, 0.4) is 0 Å². The smallest absolute Gasteiger partial charge is 0.265 e. The van der Waals surface area contributed by atoms with Crippen molar-refractivity contribution in [3.63, 3.8) is 0 Å². The van der Waals surface area contributed by atoms with E-state index in [1.165, 1.54) is 16.4 Å². The topological polar surface area (TPSA) is 79.0 Å². The van der Waals surface area contributed by atoms with Crippen molar-refractivity contribution >= 4 is 27.3 Å². The van der Waals surface area contributed by atoms with E-state index >= 15 is 0 Å². The average Bonchev–Trinajstić information content (AvgIpc) is 2.69. The van der Waals surface area contributed by atoms with Gasteiger partial charge in [-0.25, -0.2) is 8.42 Å². The maximum atomic E-state index is 13.0. The van der Waals surface area contributed by atoms with Crippen molar-refractivity contribution in [3.05, 3.63) is 48.5 Å². The van der Waals surface area contributed by atoms with E-state index in [4.69, 9.17) is 4.74 Å². The summed E-state index contributed by atoms with van der Waals surface area (Å²) in [7, 11) is -3.63. The molecule has 0 saturated carbocycles. The van der Waals surface area contributed by atoms with E-state index in [1.54, 1.807) is 13.0 Å². The van der Waals surface area contributed by atoms with Gasteiger partial charge in [-0.15, -0.1) is 0 Å². The van der Waals surface area contributed by atoms with Crippen molar-refractivity contribution in [2.45, 2.75) is 17.9 Å². The molecule has 27 heavy (non-hydrogen) atoms. The van der Waals surface area contributed by atoms with Crippen molar-refractivity contribution in [2.24, 2.45) is 0 Å². The quantitative estimate of drug-likeness (QED) is 0.871. The molecule has 0 spiro atoms. The Hall–Kier alpha value is -2.58. The Bertz CT molecular complexity index is 954. The number of carbonyl (C=O) groups is 1. The second-order valence-corrected chi connectivity index (χ2v) is 8.57. The number of amides is 1. The zero-order valence-corrected chi connectivity index (χ0v) is 15.8. The number of hydrogen-bond donors (Lipinski definition) is 1. The number of carbonyl (C=O) groups excluding carboxylic acids is 1. The lowest BCUT2D eigenvalue weighted by Crippen LogP contribution is -2.48. The molecule has 8 heteroatoms. The highest BCUT2D eigenvalue weighted by Crippen LogP contribution is 2.33. The number of piperazine rings is 1. The molecule has 1 unspecified atom stereocenters. The predicted octanol–water partition coefficient (Wildman–Crippen LogP) is 1.92. The molecule has 2 heterocycles. The summed E-state index contributed by atoms with van der Waals surface area (Å²) in [6.07, 6.45) is -0.592. The molecule has 2 aromatic carbocycles. The Labute approximate surface area is 158 Å². The zero-order valence-electron chi connectivity index (χ0n) is 15.0. The van der Waals surface area contributed by atoms with Gasteiger partial charge in [0.25, 0.3) is 5.91 Å². The van der Waals surface area contributed by atoms with Gasteiger partial charge in [0.2, 0.25) is 10.0 Å². The monoisotopic (exact) mass is 387 g/mol. The highest BCUT2D eigenvalue weighted by Gasteiger charge is 2.31. The maximum absolute atomic E-state index is 13.0. The molecule has 1 atom stereocenters. The van der Waals surface area contributed by atoms with Crippen LogP contribution in [0.4, 0.5) is 11.4 Å². The summed E-state index contributed by atoms with van der Waals surface area (Å²) in [5.74, 6) is 0.198. The molecule has 0 radical (unpaired) electrons. The second-order valence-electron chi connectivity index (χ2n) is 6.63. The lowest BCUT2D eigenvalue weighted by atomic mass is 10.2. The van der Waals surface area contributed by atoms with Crippen LogP contribution in [0.2, 0.25) is 0 Å². The number of fused-ring (bicyclic) bond motifs is 1. The van der Waals surface area contributed by atoms with E-state index in [-0.39, 0.29) is 10.8 Å². The van der Waals surface area contributed by atoms with Crippen molar-refractivity contribution in [1.29, 1.82) is 0 Å². The summed E-state index contributed by atoms with van der Waals surface area (Å²) in [6.45, 7) is 3.73. The number of rotatable bonds is 3. The minimum atomic E-state index is -3.63. The molecular weight excluding hydrogens is 366 g/mol. The molecule has 2 aromatic rings. The molecule has 1 amide bonds. The number of benzene rings is 2. The molecule has 1 saturated heterocycles. The number of nitrogens with one attached hydrogen (secondary N) is 1. The Kier molecular flexibility index (Phi) is 4.53. The van der Waals surface area contributed by atoms with Crippen LogP contribution in [0.5, 0.6) is 5.75 Å². The predicted molar refractivity (Wildman–Crippen MR) is 103 cm³/mol. The molecule has 1 fully saturated rings. The average molecular weight is 387 g/mol. The van der Waals surface area contributed by atoms with Gasteiger partial charge < -0.3 is 15.0 Å². The van der Waals surface area contributed by atoms with Crippen LogP contribution in [0, 0.1) is 0 Å². The van der Waals surface area contributed by atoms with Crippen LogP contribution in [0.25, 0.3) is 0 Å². The maximum Gasteiger partial charge on any atom is 0.265 e. The third kappa shape index (κ3) is 3.38. The summed E-state index contributed by atoms with van der Waals surface area (Å²) in [5.41, 5.74) is 1.49. The summed E-state index contributed by atoms with van der Waals surface area (Å²) in [6, 6.07) is 14.6. The molecule has 2 aliphatic heterocycles. The molecule has 0 bridgehead atoms. The summed E-state index contributed by atoms with van der Waals surface area (Å²) in [5, 5.41) is 2.70. The number of hydrogen-bond acceptors (Lipinski definition) is 5. The molecule has 2 aliphatic rings. The minimum Gasteiger partial charge on any atom is -0.479 e. The van der Waals surface area contributed by atoms with Crippen molar-refractivity contribution in [1.82, 2.24) is 4.31 Å². The summed E-state index contributed by atoms with van der Waals surface area (Å²) >= 11 is 0. The Morgan fingerprint density at radius 3 is 2.44 bits per heavy atom. The fourth-order valence-electron chi connectivity index (χ4n) is 3.32. The highest BCUT2D eigenvalue weighted by atomic mass is 32.2. The van der Waals surface area contributed by atoms with Gasteiger partial charge in [0.1, 0.15) is 5.75 Å². The number of sulfonamides is 1. The van der Waals surface area contributed by atoms with E-state index in [0.717, 1.165) is 5.69 Å². The van der Waals surface area contributed by atoms with E-state index in [2.05, 4.69) is 10.2 Å². The second kappa shape index (κ2) is 6.86. The lowest BCUT2D eigenvalue weighted by Gasteiger charge is -2.35. The zero-order chi connectivity index (χ0) is 19.0. The Morgan fingerprint density at radius 1 is 1.04 bits per heavy atom. The van der Waals surface area contributed by atoms with Gasteiger partial charge >= 0.3 is 0 Å². The van der Waals surface area contributed by atoms with Gasteiger partial charge in [0.15, 0.2) is 6.10 Å². The van der Waals surface area contributed by atoms with Gasteiger partial charge in [0, 0.05) is 31.9 Å². The van der Waals surface area contributed by atoms with Crippen LogP contribution >= 0.6 is 0 Å². The van der Waals surface area contributed by atoms with Crippen LogP contribution in [0.1, 0.15) is 6.92 Å². The lowest BCUT2D eigenvalue weighted by molar-refractivity contribution is -0.122. The van der Waals surface area contributed by atoms with Crippen molar-refractivity contribution in [3.8, 4) is 5.75 Å². The number of ether oxygens (including phenoxy) is 1. The van der Waals surface area contributed by atoms with E-state index in [9.17, 15) is 13.2 Å². The highest BCUT2D eigenvalue weighted by molar-refractivity contribution is 7.89. The Morgan fingerprint density at radius 2 is 1.74 bits per heavy atom. The van der Waals surface area contributed by atoms with Gasteiger partial charge in [0.05, 0.1) is 10.6 Å². The Balaban J connectivity index is 1.51. The normalized spacial score (nSPS) is 20.6. The first kappa shape index (κ1) is 17.8. The largest absolute Gasteiger partial charge is 0.479 e. The first-order chi connectivity index (χ1) is 12.9. The molecule has 4 rings (SSSR count). The molecule has 1 N–H and O–H groups in total. The standard InChI is InChI=1S/C19H21N3O4S/c1-14-19(23)20-17-13-16(7-8-18(17)26-14)27(24,25)22-11-9-21(10-12-22)15-5-3-2-4-6-15/h2-8,13-14H,9-12H2,1H3,(H,20,23). The third-order valence-electron chi connectivity index (χ3n) is 4.88. The third-order valence-corrected chi connectivity index (χ3v) is 6.77.